The Morgan fingerprint density at radius 1 is 0.750 bits per heavy atom. The van der Waals surface area contributed by atoms with E-state index in [-0.39, 0.29) is 17.5 Å². The Labute approximate surface area is 296 Å². The Morgan fingerprint density at radius 3 is 1.96 bits per heavy atom. The first kappa shape index (κ1) is 38.6. The number of ether oxygens (including phenoxy) is 1. The molecule has 278 valence electrons. The summed E-state index contributed by atoms with van der Waals surface area (Å²) in [6.45, 7) is 18.4. The number of carbonyl (C=O) groups excluding carboxylic acids is 1. The molecule has 0 radical (unpaired) electrons. The Kier molecular flexibility index (Phi) is 11.9. The Balaban J connectivity index is 1.12. The fraction of sp³-hybridized carbons (Fsp3) is 0.977. The van der Waals surface area contributed by atoms with Gasteiger partial charge < -0.3 is 14.9 Å². The number of esters is 1. The fourth-order valence-electron chi connectivity index (χ4n) is 13.6. The monoisotopic (exact) mass is 671 g/mol. The minimum Gasteiger partial charge on any atom is -0.462 e. The molecule has 0 aliphatic heterocycles. The molecule has 2 spiro atoms. The highest BCUT2D eigenvalue weighted by Gasteiger charge is 2.82. The maximum Gasteiger partial charge on any atom is 0.306 e. The van der Waals surface area contributed by atoms with Gasteiger partial charge in [0.15, 0.2) is 0 Å². The van der Waals surface area contributed by atoms with Crippen LogP contribution in [0.4, 0.5) is 0 Å². The molecule has 5 fully saturated rings. The van der Waals surface area contributed by atoms with E-state index in [1.807, 2.05) is 0 Å². The van der Waals surface area contributed by atoms with E-state index >= 15 is 0 Å². The van der Waals surface area contributed by atoms with Gasteiger partial charge in [0.25, 0.3) is 0 Å². The number of fused-ring (bicyclic) bond motifs is 2. The van der Waals surface area contributed by atoms with Gasteiger partial charge in [-0.15, -0.1) is 0 Å². The number of aliphatic hydroxyl groups excluding tert-OH is 1. The normalized spacial score (nSPS) is 39.5. The average Bonchev–Trinajstić information content (AvgIpc) is 3.61. The van der Waals surface area contributed by atoms with Crippen molar-refractivity contribution in [3.05, 3.63) is 0 Å². The molecule has 48 heavy (non-hydrogen) atoms. The summed E-state index contributed by atoms with van der Waals surface area (Å²) in [5.41, 5.74) is 0.728. The van der Waals surface area contributed by atoms with Gasteiger partial charge >= 0.3 is 5.97 Å². The molecule has 2 N–H and O–H groups in total. The molecule has 0 aromatic heterocycles. The second-order valence-electron chi connectivity index (χ2n) is 20.0. The molecule has 0 amide bonds. The van der Waals surface area contributed by atoms with Crippen LogP contribution in [0.25, 0.3) is 0 Å². The maximum atomic E-state index is 13.1. The molecule has 0 aromatic rings. The molecule has 0 saturated heterocycles. The van der Waals surface area contributed by atoms with Crippen LogP contribution in [0.3, 0.4) is 0 Å². The summed E-state index contributed by atoms with van der Waals surface area (Å²) < 4.78 is 6.38. The molecular formula is C44H78O4. The first-order chi connectivity index (χ1) is 22.6. The largest absolute Gasteiger partial charge is 0.462 e. The minimum atomic E-state index is -1.03. The van der Waals surface area contributed by atoms with Gasteiger partial charge in [-0.25, -0.2) is 0 Å². The second-order valence-corrected chi connectivity index (χ2v) is 20.0. The molecule has 5 aliphatic carbocycles. The third kappa shape index (κ3) is 6.96. The van der Waals surface area contributed by atoms with Gasteiger partial charge in [-0.3, -0.25) is 4.79 Å². The number of aliphatic hydroxyl groups is 2. The quantitative estimate of drug-likeness (QED) is 0.112. The van der Waals surface area contributed by atoms with Gasteiger partial charge in [0.1, 0.15) is 6.10 Å². The van der Waals surface area contributed by atoms with Crippen LogP contribution in [0.15, 0.2) is 0 Å². The van der Waals surface area contributed by atoms with Crippen molar-refractivity contribution in [1.82, 2.24) is 0 Å². The Morgan fingerprint density at radius 2 is 1.33 bits per heavy atom. The lowest BCUT2D eigenvalue weighted by molar-refractivity contribution is -0.183. The molecule has 5 rings (SSSR count). The summed E-state index contributed by atoms with van der Waals surface area (Å²) >= 11 is 0. The van der Waals surface area contributed by atoms with Gasteiger partial charge in [0.2, 0.25) is 0 Å². The molecule has 10 atom stereocenters. The number of rotatable bonds is 18. The van der Waals surface area contributed by atoms with Gasteiger partial charge in [-0.05, 0) is 136 Å². The summed E-state index contributed by atoms with van der Waals surface area (Å²) in [7, 11) is 0. The van der Waals surface area contributed by atoms with Crippen LogP contribution in [-0.4, -0.2) is 34.0 Å². The smallest absolute Gasteiger partial charge is 0.306 e. The summed E-state index contributed by atoms with van der Waals surface area (Å²) in [6.07, 6.45) is 27.8. The zero-order chi connectivity index (χ0) is 35.0. The van der Waals surface area contributed by atoms with E-state index in [1.165, 1.54) is 109 Å². The van der Waals surface area contributed by atoms with E-state index in [1.54, 1.807) is 13.8 Å². The highest BCUT2D eigenvalue weighted by Crippen LogP contribution is 2.89. The molecule has 0 bridgehead atoms. The lowest BCUT2D eigenvalue weighted by Gasteiger charge is -2.63. The maximum absolute atomic E-state index is 13.1. The van der Waals surface area contributed by atoms with Crippen LogP contribution in [0.1, 0.15) is 203 Å². The number of hydrogen-bond acceptors (Lipinski definition) is 4. The Bertz CT molecular complexity index is 1080. The molecule has 0 aromatic carbocycles. The number of carbonyl (C=O) groups is 1. The van der Waals surface area contributed by atoms with Gasteiger partial charge in [-0.2, -0.15) is 0 Å². The third-order valence-electron chi connectivity index (χ3n) is 16.8. The molecule has 5 saturated carbocycles. The zero-order valence-electron chi connectivity index (χ0n) is 32.9. The van der Waals surface area contributed by atoms with Gasteiger partial charge in [0.05, 0.1) is 11.7 Å². The van der Waals surface area contributed by atoms with Crippen molar-refractivity contribution in [3.63, 3.8) is 0 Å². The van der Waals surface area contributed by atoms with Crippen molar-refractivity contribution in [3.8, 4) is 0 Å². The number of hydrogen-bond donors (Lipinski definition) is 2. The molecule has 0 heterocycles. The zero-order valence-corrected chi connectivity index (χ0v) is 32.9. The third-order valence-corrected chi connectivity index (χ3v) is 16.8. The second kappa shape index (κ2) is 14.8. The molecular weight excluding hydrogens is 592 g/mol. The molecule has 4 nitrogen and oxygen atoms in total. The predicted molar refractivity (Wildman–Crippen MR) is 199 cm³/mol. The highest BCUT2D eigenvalue weighted by atomic mass is 16.5. The molecule has 5 aliphatic rings. The van der Waals surface area contributed by atoms with E-state index in [0.29, 0.717) is 52.3 Å². The van der Waals surface area contributed by atoms with Crippen LogP contribution < -0.4 is 0 Å². The lowest BCUT2D eigenvalue weighted by Crippen LogP contribution is -2.58. The molecule has 4 heteroatoms. The van der Waals surface area contributed by atoms with Crippen molar-refractivity contribution >= 4 is 5.97 Å². The fourth-order valence-corrected chi connectivity index (χ4v) is 13.6. The molecule has 0 unspecified atom stereocenters. The summed E-state index contributed by atoms with van der Waals surface area (Å²) in [5, 5.41) is 20.9. The van der Waals surface area contributed by atoms with Crippen molar-refractivity contribution in [2.75, 3.05) is 0 Å². The summed E-state index contributed by atoms with van der Waals surface area (Å²) in [4.78, 5) is 13.1. The van der Waals surface area contributed by atoms with Crippen LogP contribution in [0.2, 0.25) is 0 Å². The number of unbranched alkanes of at least 4 members (excludes halogenated alkanes) is 10. The SMILES string of the molecule is CCCCCCCCCCCCCC(=O)O[C@H]1CC[C@]23C[C@]24CC[C@]2(C)[C@@H]([C@H](C)CC[C@@H](O)C(C)(C)O)CC[C@@]2(C)[C@@H]4CC[C@H]3C1(C)C. The first-order valence-corrected chi connectivity index (χ1v) is 21.2. The lowest BCUT2D eigenvalue weighted by atomic mass is 9.41. The van der Waals surface area contributed by atoms with Crippen LogP contribution in [0, 0.1) is 50.7 Å². The van der Waals surface area contributed by atoms with Crippen LogP contribution >= 0.6 is 0 Å². The average molecular weight is 671 g/mol. The van der Waals surface area contributed by atoms with Crippen LogP contribution in [0.5, 0.6) is 0 Å². The van der Waals surface area contributed by atoms with E-state index in [2.05, 4.69) is 41.5 Å². The predicted octanol–water partition coefficient (Wildman–Crippen LogP) is 11.6. The highest BCUT2D eigenvalue weighted by molar-refractivity contribution is 5.69. The van der Waals surface area contributed by atoms with E-state index in [4.69, 9.17) is 4.74 Å². The van der Waals surface area contributed by atoms with E-state index < -0.39 is 11.7 Å². The van der Waals surface area contributed by atoms with E-state index in [0.717, 1.165) is 31.6 Å². The van der Waals surface area contributed by atoms with Gasteiger partial charge in [-0.1, -0.05) is 106 Å². The van der Waals surface area contributed by atoms with Crippen LogP contribution in [-0.2, 0) is 9.53 Å². The minimum absolute atomic E-state index is 0.0508. The van der Waals surface area contributed by atoms with Crippen molar-refractivity contribution in [1.29, 1.82) is 0 Å². The first-order valence-electron chi connectivity index (χ1n) is 21.2. The summed E-state index contributed by atoms with van der Waals surface area (Å²) in [6, 6.07) is 0. The van der Waals surface area contributed by atoms with Crippen molar-refractivity contribution in [2.45, 2.75) is 221 Å². The van der Waals surface area contributed by atoms with Crippen molar-refractivity contribution in [2.24, 2.45) is 50.7 Å². The van der Waals surface area contributed by atoms with Gasteiger partial charge in [0, 0.05) is 11.8 Å². The summed E-state index contributed by atoms with van der Waals surface area (Å²) in [5.74, 6) is 2.81. The van der Waals surface area contributed by atoms with E-state index in [9.17, 15) is 15.0 Å². The van der Waals surface area contributed by atoms with Crippen molar-refractivity contribution < 1.29 is 19.7 Å². The Hall–Kier alpha value is -0.610. The topological polar surface area (TPSA) is 66.8 Å². The standard InChI is InChI=1S/C44H78O4/c1-9-10-11-12-13-14-15-16-17-18-19-20-38(46)48-37-26-28-43-31-44(43)30-29-41(7)33(32(2)21-24-36(45)40(5,6)47)25-27-42(41,8)35(44)23-22-34(43)39(37,3)4/h32-37,45,47H,9-31H2,1-8H3/t32-,33-,34+,35+,36-,37+,41-,42+,43-,44+/m1/s1.